The molecule has 10 nitrogen and oxygen atoms in total. The summed E-state index contributed by atoms with van der Waals surface area (Å²) in [6.45, 7) is 1.96. The van der Waals surface area contributed by atoms with Crippen molar-refractivity contribution in [3.63, 3.8) is 0 Å². The Hall–Kier alpha value is -3.59. The van der Waals surface area contributed by atoms with Gasteiger partial charge in [0.25, 0.3) is 5.56 Å². The number of nitrogens with zero attached hydrogens (tertiary/aromatic N) is 5. The molecule has 34 heavy (non-hydrogen) atoms. The highest BCUT2D eigenvalue weighted by Crippen LogP contribution is 2.31. The zero-order chi connectivity index (χ0) is 25.1. The largest absolute Gasteiger partial charge is 0.447 e. The first-order chi connectivity index (χ1) is 15.9. The highest BCUT2D eigenvalue weighted by Gasteiger charge is 2.37. The summed E-state index contributed by atoms with van der Waals surface area (Å²) in [5.41, 5.74) is -4.37. The van der Waals surface area contributed by atoms with E-state index in [0.29, 0.717) is 12.4 Å². The van der Waals surface area contributed by atoms with Crippen molar-refractivity contribution in [2.75, 3.05) is 43.0 Å². The number of hydrogen-bond donors (Lipinski definition) is 2. The summed E-state index contributed by atoms with van der Waals surface area (Å²) < 4.78 is 82.3. The smallest absolute Gasteiger partial charge is 0.423 e. The number of rotatable bonds is 5. The molecule has 0 radical (unpaired) electrons. The molecule has 1 amide bonds. The van der Waals surface area contributed by atoms with Crippen LogP contribution in [0.5, 0.6) is 0 Å². The summed E-state index contributed by atoms with van der Waals surface area (Å²) in [6, 6.07) is -0.782. The third-order valence-corrected chi connectivity index (χ3v) is 4.78. The van der Waals surface area contributed by atoms with Crippen LogP contribution < -0.4 is 15.8 Å². The van der Waals surface area contributed by atoms with E-state index in [1.165, 1.54) is 11.8 Å². The topological polar surface area (TPSA) is 116 Å². The average Bonchev–Trinajstić information content (AvgIpc) is 2.76. The van der Waals surface area contributed by atoms with Gasteiger partial charge in [-0.15, -0.1) is 0 Å². The molecule has 3 rings (SSSR count). The molecule has 3 heterocycles. The molecular weight excluding hydrogens is 476 g/mol. The number of aromatic nitrogens is 4. The molecule has 0 saturated carbocycles. The molecule has 186 valence electrons. The number of carbonyl (C=O) groups is 1. The van der Waals surface area contributed by atoms with Gasteiger partial charge in [-0.3, -0.25) is 4.79 Å². The molecule has 0 aromatic carbocycles. The predicted molar refractivity (Wildman–Crippen MR) is 105 cm³/mol. The van der Waals surface area contributed by atoms with Crippen molar-refractivity contribution in [3.05, 3.63) is 40.1 Å². The van der Waals surface area contributed by atoms with Crippen LogP contribution in [0.1, 0.15) is 18.1 Å². The minimum Gasteiger partial charge on any atom is -0.447 e. The van der Waals surface area contributed by atoms with Crippen LogP contribution in [-0.4, -0.2) is 70.0 Å². The molecule has 2 aromatic heterocycles. The van der Waals surface area contributed by atoms with Gasteiger partial charge in [0.05, 0.1) is 23.5 Å². The fraction of sp³-hybridized carbons (Fsp3) is 0.500. The molecule has 0 spiro atoms. The molecule has 2 N–H and O–H groups in total. The van der Waals surface area contributed by atoms with E-state index in [4.69, 9.17) is 4.74 Å². The maximum Gasteiger partial charge on any atom is 0.423 e. The van der Waals surface area contributed by atoms with Crippen molar-refractivity contribution < 1.29 is 35.9 Å². The zero-order valence-electron chi connectivity index (χ0n) is 17.6. The molecular formula is C18H19F6N7O3. The number of amides is 1. The number of alkyl halides is 6. The second-order valence-electron chi connectivity index (χ2n) is 7.35. The number of aromatic amines is 1. The van der Waals surface area contributed by atoms with Gasteiger partial charge in [-0.1, -0.05) is 0 Å². The van der Waals surface area contributed by atoms with Gasteiger partial charge in [-0.2, -0.15) is 31.4 Å². The number of H-pyrrole nitrogens is 1. The van der Waals surface area contributed by atoms with E-state index in [0.717, 1.165) is 6.20 Å². The molecule has 1 fully saturated rings. The van der Waals surface area contributed by atoms with Crippen molar-refractivity contribution in [2.24, 2.45) is 0 Å². The summed E-state index contributed by atoms with van der Waals surface area (Å²) in [5.74, 6) is 0.0887. The Kier molecular flexibility index (Phi) is 7.16. The lowest BCUT2D eigenvalue weighted by atomic mass is 10.2. The summed E-state index contributed by atoms with van der Waals surface area (Å²) in [7, 11) is 0. The Balaban J connectivity index is 1.50. The summed E-state index contributed by atoms with van der Waals surface area (Å²) in [5, 5.41) is 7.52. The number of hydrogen-bond acceptors (Lipinski definition) is 8. The Labute approximate surface area is 187 Å². The molecule has 1 saturated heterocycles. The maximum atomic E-state index is 13.1. The van der Waals surface area contributed by atoms with Crippen LogP contribution in [0.4, 0.5) is 42.8 Å². The van der Waals surface area contributed by atoms with Crippen LogP contribution in [0, 0.1) is 0 Å². The van der Waals surface area contributed by atoms with Gasteiger partial charge in [-0.05, 0) is 6.92 Å². The second-order valence-corrected chi connectivity index (χ2v) is 7.35. The number of ether oxygens (including phenoxy) is 1. The van der Waals surface area contributed by atoms with Crippen LogP contribution in [0.2, 0.25) is 0 Å². The number of carbonyl (C=O) groups excluding carboxylic acids is 1. The van der Waals surface area contributed by atoms with E-state index in [1.54, 1.807) is 10.00 Å². The number of anilines is 2. The highest BCUT2D eigenvalue weighted by atomic mass is 19.4. The lowest BCUT2D eigenvalue weighted by Gasteiger charge is -2.34. The molecule has 1 atom stereocenters. The molecule has 2 aromatic rings. The maximum absolute atomic E-state index is 13.1. The molecule has 1 aliphatic rings. The Morgan fingerprint density at radius 2 is 1.71 bits per heavy atom. The number of nitrogens with one attached hydrogen (secondary N) is 2. The van der Waals surface area contributed by atoms with E-state index in [9.17, 15) is 35.9 Å². The van der Waals surface area contributed by atoms with Crippen molar-refractivity contribution in [2.45, 2.75) is 25.3 Å². The first-order valence-corrected chi connectivity index (χ1v) is 9.83. The Bertz CT molecular complexity index is 1050. The lowest BCUT2D eigenvalue weighted by molar-refractivity contribution is -0.139. The first-order valence-electron chi connectivity index (χ1n) is 9.83. The zero-order valence-corrected chi connectivity index (χ0v) is 17.6. The quantitative estimate of drug-likeness (QED) is 0.608. The van der Waals surface area contributed by atoms with Gasteiger partial charge in [0.2, 0.25) is 5.95 Å². The summed E-state index contributed by atoms with van der Waals surface area (Å²) in [6.07, 6.45) is -8.01. The van der Waals surface area contributed by atoms with Gasteiger partial charge in [0, 0.05) is 38.6 Å². The normalized spacial score (nSPS) is 15.7. The fourth-order valence-corrected chi connectivity index (χ4v) is 3.10. The van der Waals surface area contributed by atoms with Crippen molar-refractivity contribution >= 4 is 17.7 Å². The standard InChI is InChI=1S/C18H19F6N7O3/c1-10(28-12-8-27-29-14(32)13(12)18(22,23)24)9-34-16(33)31-4-2-30(3-5-31)15-25-6-11(7-26-15)17(19,20)21/h6-8,10H,2-5,9H2,1H3,(H2,28,29,32)/t10-/m1/s1. The lowest BCUT2D eigenvalue weighted by Crippen LogP contribution is -2.49. The van der Waals surface area contributed by atoms with Crippen LogP contribution >= 0.6 is 0 Å². The van der Waals surface area contributed by atoms with Crippen LogP contribution in [0.25, 0.3) is 0 Å². The van der Waals surface area contributed by atoms with E-state index in [2.05, 4.69) is 20.4 Å². The number of halogens is 6. The molecule has 16 heteroatoms. The van der Waals surface area contributed by atoms with Crippen molar-refractivity contribution in [3.8, 4) is 0 Å². The summed E-state index contributed by atoms with van der Waals surface area (Å²) in [4.78, 5) is 34.1. The van der Waals surface area contributed by atoms with Gasteiger partial charge in [0.15, 0.2) is 0 Å². The van der Waals surface area contributed by atoms with Gasteiger partial charge in [0.1, 0.15) is 12.2 Å². The average molecular weight is 495 g/mol. The molecule has 0 aliphatic carbocycles. The van der Waals surface area contributed by atoms with Gasteiger partial charge < -0.3 is 19.9 Å². The summed E-state index contributed by atoms with van der Waals surface area (Å²) >= 11 is 0. The second kappa shape index (κ2) is 9.72. The minimum absolute atomic E-state index is 0.0887. The SMILES string of the molecule is C[C@H](COC(=O)N1CCN(c2ncc(C(F)(F)F)cn2)CC1)Nc1cn[nH]c(=O)c1C(F)(F)F. The van der Waals surface area contributed by atoms with E-state index < -0.39 is 46.9 Å². The molecule has 1 aliphatic heterocycles. The van der Waals surface area contributed by atoms with E-state index in [-0.39, 0.29) is 38.7 Å². The van der Waals surface area contributed by atoms with Crippen molar-refractivity contribution in [1.29, 1.82) is 0 Å². The molecule has 0 unspecified atom stereocenters. The minimum atomic E-state index is -4.91. The van der Waals surface area contributed by atoms with Crippen molar-refractivity contribution in [1.82, 2.24) is 25.1 Å². The third kappa shape index (κ3) is 6.05. The van der Waals surface area contributed by atoms with Crippen LogP contribution in [-0.2, 0) is 17.1 Å². The number of piperazine rings is 1. The fourth-order valence-electron chi connectivity index (χ4n) is 3.10. The van der Waals surface area contributed by atoms with Gasteiger partial charge >= 0.3 is 18.4 Å². The predicted octanol–water partition coefficient (Wildman–Crippen LogP) is 2.36. The monoisotopic (exact) mass is 495 g/mol. The Morgan fingerprint density at radius 1 is 1.09 bits per heavy atom. The van der Waals surface area contributed by atoms with Crippen LogP contribution in [0.3, 0.4) is 0 Å². The van der Waals surface area contributed by atoms with E-state index >= 15 is 0 Å². The van der Waals surface area contributed by atoms with Crippen LogP contribution in [0.15, 0.2) is 23.4 Å². The molecule has 0 bridgehead atoms. The Morgan fingerprint density at radius 3 is 2.26 bits per heavy atom. The van der Waals surface area contributed by atoms with Gasteiger partial charge in [-0.25, -0.2) is 19.9 Å². The van der Waals surface area contributed by atoms with E-state index in [1.807, 2.05) is 0 Å². The highest BCUT2D eigenvalue weighted by molar-refractivity contribution is 5.68. The third-order valence-electron chi connectivity index (χ3n) is 4.78. The first kappa shape index (κ1) is 25.0.